The Bertz CT molecular complexity index is 628. The van der Waals surface area contributed by atoms with Gasteiger partial charge in [-0.1, -0.05) is 48.5 Å². The number of hydrogen-bond acceptors (Lipinski definition) is 1. The van der Waals surface area contributed by atoms with Crippen molar-refractivity contribution >= 4 is 5.91 Å². The summed E-state index contributed by atoms with van der Waals surface area (Å²) in [5.74, 6) is 0.447. The van der Waals surface area contributed by atoms with Crippen LogP contribution in [0.5, 0.6) is 0 Å². The van der Waals surface area contributed by atoms with Gasteiger partial charge in [-0.05, 0) is 42.5 Å². The summed E-state index contributed by atoms with van der Waals surface area (Å²) in [6, 6.07) is 17.0. The van der Waals surface area contributed by atoms with Gasteiger partial charge in [0.2, 0.25) is 5.91 Å². The fourth-order valence-electron chi connectivity index (χ4n) is 3.49. The number of nitrogens with one attached hydrogen (secondary N) is 1. The zero-order valence-corrected chi connectivity index (χ0v) is 12.6. The Morgan fingerprint density at radius 1 is 1.00 bits per heavy atom. The molecule has 2 aromatic carbocycles. The molecule has 1 fully saturated rings. The lowest BCUT2D eigenvalue weighted by Crippen LogP contribution is -2.30. The van der Waals surface area contributed by atoms with Crippen LogP contribution in [0.15, 0.2) is 48.5 Å². The standard InChI is InChI=1S/C19H21NO/c1-13-7-6-8-14(2)19(13)16-12-18(21)20-17(16)11-15-9-4-3-5-10-15/h3-10,16-17H,11-12H2,1-2H3,(H,20,21). The van der Waals surface area contributed by atoms with Gasteiger partial charge in [0.15, 0.2) is 0 Å². The molecule has 0 aromatic heterocycles. The van der Waals surface area contributed by atoms with Gasteiger partial charge in [-0.25, -0.2) is 0 Å². The number of carbonyl (C=O) groups excluding carboxylic acids is 1. The first-order valence-electron chi connectivity index (χ1n) is 7.54. The van der Waals surface area contributed by atoms with Gasteiger partial charge in [0.05, 0.1) is 0 Å². The Hall–Kier alpha value is -2.09. The van der Waals surface area contributed by atoms with Crippen molar-refractivity contribution < 1.29 is 4.79 Å². The highest BCUT2D eigenvalue weighted by Crippen LogP contribution is 2.34. The summed E-state index contributed by atoms with van der Waals surface area (Å²) >= 11 is 0. The minimum atomic E-state index is 0.170. The molecular weight excluding hydrogens is 258 g/mol. The molecule has 2 aromatic rings. The number of aryl methyl sites for hydroxylation is 2. The van der Waals surface area contributed by atoms with Gasteiger partial charge in [0.25, 0.3) is 0 Å². The molecule has 1 amide bonds. The molecule has 0 saturated carbocycles. The maximum Gasteiger partial charge on any atom is 0.220 e. The maximum absolute atomic E-state index is 11.9. The number of hydrogen-bond donors (Lipinski definition) is 1. The summed E-state index contributed by atoms with van der Waals surface area (Å²) in [7, 11) is 0. The molecule has 1 aliphatic heterocycles. The summed E-state index contributed by atoms with van der Waals surface area (Å²) in [5.41, 5.74) is 5.20. The van der Waals surface area contributed by atoms with Gasteiger partial charge in [0.1, 0.15) is 0 Å². The second-order valence-electron chi connectivity index (χ2n) is 5.98. The van der Waals surface area contributed by atoms with E-state index in [0.29, 0.717) is 6.42 Å². The summed E-state index contributed by atoms with van der Waals surface area (Å²) < 4.78 is 0. The highest BCUT2D eigenvalue weighted by atomic mass is 16.2. The second-order valence-corrected chi connectivity index (χ2v) is 5.98. The normalized spacial score (nSPS) is 21.3. The summed E-state index contributed by atoms with van der Waals surface area (Å²) in [4.78, 5) is 11.9. The van der Waals surface area contributed by atoms with Crippen molar-refractivity contribution in [2.45, 2.75) is 38.6 Å². The molecule has 2 nitrogen and oxygen atoms in total. The Kier molecular flexibility index (Phi) is 3.78. The number of carbonyl (C=O) groups is 1. The van der Waals surface area contributed by atoms with Crippen LogP contribution in [-0.2, 0) is 11.2 Å². The van der Waals surface area contributed by atoms with Crippen LogP contribution in [0, 0.1) is 13.8 Å². The van der Waals surface area contributed by atoms with E-state index in [-0.39, 0.29) is 17.9 Å². The molecule has 0 spiro atoms. The third kappa shape index (κ3) is 2.85. The number of amides is 1. The van der Waals surface area contributed by atoms with E-state index in [4.69, 9.17) is 0 Å². The minimum absolute atomic E-state index is 0.170. The molecule has 2 heteroatoms. The van der Waals surface area contributed by atoms with E-state index in [0.717, 1.165) is 6.42 Å². The average Bonchev–Trinajstić information content (AvgIpc) is 2.80. The Morgan fingerprint density at radius 3 is 2.33 bits per heavy atom. The molecule has 1 aliphatic rings. The predicted molar refractivity (Wildman–Crippen MR) is 85.4 cm³/mol. The van der Waals surface area contributed by atoms with Crippen LogP contribution >= 0.6 is 0 Å². The smallest absolute Gasteiger partial charge is 0.220 e. The molecule has 3 rings (SSSR count). The van der Waals surface area contributed by atoms with Crippen molar-refractivity contribution in [2.75, 3.05) is 0 Å². The van der Waals surface area contributed by atoms with Gasteiger partial charge in [-0.3, -0.25) is 4.79 Å². The third-order valence-corrected chi connectivity index (χ3v) is 4.45. The fraction of sp³-hybridized carbons (Fsp3) is 0.316. The molecule has 1 heterocycles. The Labute approximate surface area is 126 Å². The second kappa shape index (κ2) is 5.72. The molecule has 0 aliphatic carbocycles. The highest BCUT2D eigenvalue weighted by molar-refractivity contribution is 5.80. The van der Waals surface area contributed by atoms with Crippen LogP contribution in [0.3, 0.4) is 0 Å². The van der Waals surface area contributed by atoms with Gasteiger partial charge >= 0.3 is 0 Å². The summed E-state index contributed by atoms with van der Waals surface area (Å²) in [6.45, 7) is 4.29. The monoisotopic (exact) mass is 279 g/mol. The zero-order valence-electron chi connectivity index (χ0n) is 12.6. The van der Waals surface area contributed by atoms with E-state index in [1.54, 1.807) is 0 Å². The van der Waals surface area contributed by atoms with Crippen molar-refractivity contribution in [2.24, 2.45) is 0 Å². The van der Waals surface area contributed by atoms with E-state index >= 15 is 0 Å². The van der Waals surface area contributed by atoms with Crippen molar-refractivity contribution in [3.05, 3.63) is 70.8 Å². The van der Waals surface area contributed by atoms with Crippen LogP contribution in [0.1, 0.15) is 34.6 Å². The van der Waals surface area contributed by atoms with Crippen LogP contribution in [0.2, 0.25) is 0 Å². The largest absolute Gasteiger partial charge is 0.352 e. The molecule has 2 unspecified atom stereocenters. The van der Waals surface area contributed by atoms with Gasteiger partial charge < -0.3 is 5.32 Å². The SMILES string of the molecule is Cc1cccc(C)c1C1CC(=O)NC1Cc1ccccc1. The van der Waals surface area contributed by atoms with E-state index in [1.165, 1.54) is 22.3 Å². The van der Waals surface area contributed by atoms with Crippen LogP contribution in [0.4, 0.5) is 0 Å². The Morgan fingerprint density at radius 2 is 1.67 bits per heavy atom. The molecule has 0 radical (unpaired) electrons. The molecule has 21 heavy (non-hydrogen) atoms. The lowest BCUT2D eigenvalue weighted by Gasteiger charge is -2.23. The number of rotatable bonds is 3. The first-order chi connectivity index (χ1) is 10.1. The van der Waals surface area contributed by atoms with E-state index in [1.807, 2.05) is 6.07 Å². The van der Waals surface area contributed by atoms with Gasteiger partial charge in [0, 0.05) is 18.4 Å². The topological polar surface area (TPSA) is 29.1 Å². The average molecular weight is 279 g/mol. The summed E-state index contributed by atoms with van der Waals surface area (Å²) in [6.07, 6.45) is 1.49. The minimum Gasteiger partial charge on any atom is -0.352 e. The lowest BCUT2D eigenvalue weighted by atomic mass is 9.83. The van der Waals surface area contributed by atoms with E-state index in [2.05, 4.69) is 61.6 Å². The van der Waals surface area contributed by atoms with Gasteiger partial charge in [-0.15, -0.1) is 0 Å². The first kappa shape index (κ1) is 13.9. The van der Waals surface area contributed by atoms with Crippen LogP contribution in [0.25, 0.3) is 0 Å². The van der Waals surface area contributed by atoms with Crippen molar-refractivity contribution in [3.8, 4) is 0 Å². The molecular formula is C19H21NO. The molecule has 2 atom stereocenters. The quantitative estimate of drug-likeness (QED) is 0.915. The maximum atomic E-state index is 11.9. The zero-order chi connectivity index (χ0) is 14.8. The Balaban J connectivity index is 1.91. The highest BCUT2D eigenvalue weighted by Gasteiger charge is 2.34. The summed E-state index contributed by atoms with van der Waals surface area (Å²) in [5, 5.41) is 3.17. The van der Waals surface area contributed by atoms with E-state index < -0.39 is 0 Å². The predicted octanol–water partition coefficient (Wildman–Crippen LogP) is 3.52. The van der Waals surface area contributed by atoms with Gasteiger partial charge in [-0.2, -0.15) is 0 Å². The fourth-order valence-corrected chi connectivity index (χ4v) is 3.49. The molecule has 0 bridgehead atoms. The molecule has 108 valence electrons. The lowest BCUT2D eigenvalue weighted by molar-refractivity contribution is -0.119. The van der Waals surface area contributed by atoms with Crippen LogP contribution < -0.4 is 5.32 Å². The number of benzene rings is 2. The molecule has 1 saturated heterocycles. The van der Waals surface area contributed by atoms with Crippen molar-refractivity contribution in [1.29, 1.82) is 0 Å². The molecule has 1 N–H and O–H groups in total. The first-order valence-corrected chi connectivity index (χ1v) is 7.54. The van der Waals surface area contributed by atoms with Crippen molar-refractivity contribution in [1.82, 2.24) is 5.32 Å². The third-order valence-electron chi connectivity index (χ3n) is 4.45. The van der Waals surface area contributed by atoms with Crippen molar-refractivity contribution in [3.63, 3.8) is 0 Å². The van der Waals surface area contributed by atoms with E-state index in [9.17, 15) is 4.79 Å². The van der Waals surface area contributed by atoms with Crippen LogP contribution in [-0.4, -0.2) is 11.9 Å².